The van der Waals surface area contributed by atoms with E-state index in [0.29, 0.717) is 48.3 Å². The lowest BCUT2D eigenvalue weighted by Gasteiger charge is -2.34. The first-order chi connectivity index (χ1) is 13.5. The predicted octanol–water partition coefficient (Wildman–Crippen LogP) is 2.42. The van der Waals surface area contributed by atoms with Crippen LogP contribution in [-0.4, -0.2) is 62.8 Å². The lowest BCUT2D eigenvalue weighted by Crippen LogP contribution is -2.50. The minimum atomic E-state index is -0.192. The zero-order valence-corrected chi connectivity index (χ0v) is 16.0. The van der Waals surface area contributed by atoms with E-state index in [1.165, 1.54) is 6.26 Å². The molecule has 0 bridgehead atoms. The third kappa shape index (κ3) is 3.38. The molecule has 28 heavy (non-hydrogen) atoms. The van der Waals surface area contributed by atoms with Crippen LogP contribution in [0.2, 0.25) is 5.02 Å². The van der Waals surface area contributed by atoms with Gasteiger partial charge >= 0.3 is 0 Å². The molecule has 9 heteroatoms. The Kier molecular flexibility index (Phi) is 4.87. The molecule has 0 unspecified atom stereocenters. The van der Waals surface area contributed by atoms with Gasteiger partial charge in [0.05, 0.1) is 17.6 Å². The van der Waals surface area contributed by atoms with Crippen molar-refractivity contribution in [3.05, 3.63) is 64.8 Å². The molecule has 1 aromatic carbocycles. The molecule has 4 rings (SSSR count). The first-order valence-corrected chi connectivity index (χ1v) is 9.22. The molecule has 2 amide bonds. The first kappa shape index (κ1) is 18.2. The van der Waals surface area contributed by atoms with Gasteiger partial charge in [0.2, 0.25) is 0 Å². The number of amides is 2. The summed E-state index contributed by atoms with van der Waals surface area (Å²) in [4.78, 5) is 28.6. The Bertz CT molecular complexity index is 989. The SMILES string of the molecule is Cc1c(C(=O)N2CCN(C(=O)c3ccco3)CC2)nnn1-c1ccc(Cl)cc1. The quantitative estimate of drug-likeness (QED) is 0.675. The summed E-state index contributed by atoms with van der Waals surface area (Å²) < 4.78 is 6.77. The molecule has 1 aliphatic heterocycles. The molecule has 144 valence electrons. The van der Waals surface area contributed by atoms with Gasteiger partial charge in [-0.15, -0.1) is 5.10 Å². The zero-order valence-electron chi connectivity index (χ0n) is 15.2. The molecular weight excluding hydrogens is 382 g/mol. The predicted molar refractivity (Wildman–Crippen MR) is 102 cm³/mol. The highest BCUT2D eigenvalue weighted by atomic mass is 35.5. The normalized spacial score (nSPS) is 14.4. The summed E-state index contributed by atoms with van der Waals surface area (Å²) >= 11 is 5.92. The van der Waals surface area contributed by atoms with E-state index in [9.17, 15) is 9.59 Å². The van der Waals surface area contributed by atoms with Gasteiger partial charge in [0.1, 0.15) is 0 Å². The Balaban J connectivity index is 1.44. The Morgan fingerprint density at radius 2 is 1.64 bits per heavy atom. The maximum absolute atomic E-state index is 12.9. The molecule has 0 saturated carbocycles. The van der Waals surface area contributed by atoms with Crippen LogP contribution in [-0.2, 0) is 0 Å². The van der Waals surface area contributed by atoms with Crippen LogP contribution < -0.4 is 0 Å². The van der Waals surface area contributed by atoms with Crippen molar-refractivity contribution in [1.29, 1.82) is 0 Å². The van der Waals surface area contributed by atoms with E-state index in [4.69, 9.17) is 16.0 Å². The van der Waals surface area contributed by atoms with Crippen LogP contribution in [0.25, 0.3) is 5.69 Å². The maximum Gasteiger partial charge on any atom is 0.289 e. The van der Waals surface area contributed by atoms with Crippen LogP contribution in [0.4, 0.5) is 0 Å². The second-order valence-corrected chi connectivity index (χ2v) is 6.91. The van der Waals surface area contributed by atoms with Gasteiger partial charge in [0.25, 0.3) is 11.8 Å². The molecule has 1 saturated heterocycles. The third-order valence-electron chi connectivity index (χ3n) is 4.75. The molecule has 0 atom stereocenters. The number of rotatable bonds is 3. The van der Waals surface area contributed by atoms with Crippen LogP contribution in [0.5, 0.6) is 0 Å². The van der Waals surface area contributed by atoms with E-state index in [0.717, 1.165) is 5.69 Å². The minimum absolute atomic E-state index is 0.165. The summed E-state index contributed by atoms with van der Waals surface area (Å²) in [5.74, 6) is -0.0497. The summed E-state index contributed by atoms with van der Waals surface area (Å²) in [6.07, 6.45) is 1.47. The summed E-state index contributed by atoms with van der Waals surface area (Å²) in [6.45, 7) is 3.54. The molecule has 0 N–H and O–H groups in total. The van der Waals surface area contributed by atoms with Crippen molar-refractivity contribution in [2.75, 3.05) is 26.2 Å². The molecule has 8 nitrogen and oxygen atoms in total. The summed E-state index contributed by atoms with van der Waals surface area (Å²) in [6, 6.07) is 10.5. The third-order valence-corrected chi connectivity index (χ3v) is 5.01. The Morgan fingerprint density at radius 3 is 2.25 bits per heavy atom. The Labute approximate surface area is 166 Å². The Morgan fingerprint density at radius 1 is 1.00 bits per heavy atom. The van der Waals surface area contributed by atoms with Gasteiger partial charge in [0, 0.05) is 31.2 Å². The minimum Gasteiger partial charge on any atom is -0.459 e. The van der Waals surface area contributed by atoms with Crippen molar-refractivity contribution in [3.8, 4) is 5.69 Å². The van der Waals surface area contributed by atoms with Gasteiger partial charge in [0.15, 0.2) is 11.5 Å². The average molecular weight is 400 g/mol. The van der Waals surface area contributed by atoms with Gasteiger partial charge < -0.3 is 14.2 Å². The number of carbonyl (C=O) groups excluding carboxylic acids is 2. The topological polar surface area (TPSA) is 84.5 Å². The average Bonchev–Trinajstić information content (AvgIpc) is 3.38. The fourth-order valence-electron chi connectivity index (χ4n) is 3.17. The Hall–Kier alpha value is -3.13. The van der Waals surface area contributed by atoms with E-state index in [2.05, 4.69) is 10.3 Å². The van der Waals surface area contributed by atoms with E-state index in [1.807, 2.05) is 12.1 Å². The van der Waals surface area contributed by atoms with Crippen molar-refractivity contribution < 1.29 is 14.0 Å². The number of halogens is 1. The number of nitrogens with zero attached hydrogens (tertiary/aromatic N) is 5. The van der Waals surface area contributed by atoms with Crippen molar-refractivity contribution in [2.45, 2.75) is 6.92 Å². The van der Waals surface area contributed by atoms with Gasteiger partial charge in [-0.2, -0.15) is 0 Å². The zero-order chi connectivity index (χ0) is 19.7. The lowest BCUT2D eigenvalue weighted by atomic mass is 10.2. The smallest absolute Gasteiger partial charge is 0.289 e. The molecule has 0 aliphatic carbocycles. The van der Waals surface area contributed by atoms with Gasteiger partial charge in [-0.1, -0.05) is 16.8 Å². The van der Waals surface area contributed by atoms with Crippen LogP contribution in [0.15, 0.2) is 47.1 Å². The number of hydrogen-bond acceptors (Lipinski definition) is 5. The number of aromatic nitrogens is 3. The monoisotopic (exact) mass is 399 g/mol. The van der Waals surface area contributed by atoms with Crippen LogP contribution >= 0.6 is 11.6 Å². The van der Waals surface area contributed by atoms with Crippen molar-refractivity contribution >= 4 is 23.4 Å². The first-order valence-electron chi connectivity index (χ1n) is 8.85. The summed E-state index contributed by atoms with van der Waals surface area (Å²) in [5, 5.41) is 8.81. The fourth-order valence-corrected chi connectivity index (χ4v) is 3.30. The summed E-state index contributed by atoms with van der Waals surface area (Å²) in [5.41, 5.74) is 1.74. The second-order valence-electron chi connectivity index (χ2n) is 6.47. The van der Waals surface area contributed by atoms with E-state index in [1.54, 1.807) is 45.7 Å². The standard InChI is InChI=1S/C19H18ClN5O3/c1-13-17(21-22-25(13)15-6-4-14(20)5-7-15)19(27)24-10-8-23(9-11-24)18(26)16-3-2-12-28-16/h2-7,12H,8-11H2,1H3. The molecule has 0 radical (unpaired) electrons. The van der Waals surface area contributed by atoms with E-state index >= 15 is 0 Å². The van der Waals surface area contributed by atoms with Gasteiger partial charge in [-0.3, -0.25) is 9.59 Å². The molecular formula is C19H18ClN5O3. The molecule has 0 spiro atoms. The van der Waals surface area contributed by atoms with E-state index in [-0.39, 0.29) is 11.8 Å². The second kappa shape index (κ2) is 7.47. The highest BCUT2D eigenvalue weighted by Gasteiger charge is 2.29. The number of hydrogen-bond donors (Lipinski definition) is 0. The van der Waals surface area contributed by atoms with Crippen LogP contribution in [0.1, 0.15) is 26.7 Å². The lowest BCUT2D eigenvalue weighted by molar-refractivity contribution is 0.0514. The highest BCUT2D eigenvalue weighted by molar-refractivity contribution is 6.30. The van der Waals surface area contributed by atoms with Gasteiger partial charge in [-0.05, 0) is 43.3 Å². The number of benzene rings is 1. The number of furan rings is 1. The molecule has 1 aliphatic rings. The van der Waals surface area contributed by atoms with Crippen molar-refractivity contribution in [2.24, 2.45) is 0 Å². The van der Waals surface area contributed by atoms with Gasteiger partial charge in [-0.25, -0.2) is 4.68 Å². The highest BCUT2D eigenvalue weighted by Crippen LogP contribution is 2.17. The van der Waals surface area contributed by atoms with Crippen LogP contribution in [0.3, 0.4) is 0 Å². The number of piperazine rings is 1. The maximum atomic E-state index is 12.9. The van der Waals surface area contributed by atoms with Crippen molar-refractivity contribution in [1.82, 2.24) is 24.8 Å². The molecule has 3 heterocycles. The van der Waals surface area contributed by atoms with Crippen LogP contribution in [0, 0.1) is 6.92 Å². The molecule has 2 aromatic heterocycles. The van der Waals surface area contributed by atoms with E-state index < -0.39 is 0 Å². The summed E-state index contributed by atoms with van der Waals surface area (Å²) in [7, 11) is 0. The molecule has 3 aromatic rings. The largest absolute Gasteiger partial charge is 0.459 e. The number of carbonyl (C=O) groups is 2. The van der Waals surface area contributed by atoms with Crippen molar-refractivity contribution in [3.63, 3.8) is 0 Å². The fraction of sp³-hybridized carbons (Fsp3) is 0.263. The molecule has 1 fully saturated rings.